The lowest BCUT2D eigenvalue weighted by Crippen LogP contribution is -2.05. The van der Waals surface area contributed by atoms with E-state index in [1.807, 2.05) is 0 Å². The normalized spacial score (nSPS) is 12.1. The van der Waals surface area contributed by atoms with Gasteiger partial charge in [-0.3, -0.25) is 9.38 Å². The molecule has 1 N–H and O–H groups in total. The molecule has 0 aliphatic carbocycles. The molecule has 0 aliphatic rings. The van der Waals surface area contributed by atoms with E-state index in [-0.39, 0.29) is 0 Å². The van der Waals surface area contributed by atoms with Crippen molar-refractivity contribution in [1.29, 1.82) is 0 Å². The molecule has 0 unspecified atom stereocenters. The first-order valence-corrected chi connectivity index (χ1v) is 8.30. The number of nitrogens with one attached hydrogen (secondary N) is 1. The molecule has 5 aromatic rings. The Hall–Kier alpha value is -3.75. The van der Waals surface area contributed by atoms with Crippen molar-refractivity contribution in [1.82, 2.24) is 24.3 Å². The van der Waals surface area contributed by atoms with Crippen molar-refractivity contribution in [3.63, 3.8) is 0 Å². The number of hydrogen-bond acceptors (Lipinski definition) is 5. The summed E-state index contributed by atoms with van der Waals surface area (Å²) < 4.78 is 41.0. The zero-order chi connectivity index (χ0) is 19.3. The number of pyridine rings is 2. The van der Waals surface area contributed by atoms with Crippen molar-refractivity contribution in [2.24, 2.45) is 0 Å². The summed E-state index contributed by atoms with van der Waals surface area (Å²) in [6.45, 7) is 0. The number of aromatic nitrogens is 5. The highest BCUT2D eigenvalue weighted by Gasteiger charge is 2.30. The first-order chi connectivity index (χ1) is 13.5. The molecule has 4 aromatic heterocycles. The lowest BCUT2D eigenvalue weighted by molar-refractivity contribution is -0.137. The molecule has 0 saturated carbocycles. The molecule has 0 radical (unpaired) electrons. The molecular weight excluding hydrogens is 369 g/mol. The van der Waals surface area contributed by atoms with Crippen molar-refractivity contribution in [3.8, 4) is 0 Å². The van der Waals surface area contributed by atoms with Gasteiger partial charge in [0.1, 0.15) is 17.5 Å². The number of anilines is 2. The fourth-order valence-electron chi connectivity index (χ4n) is 3.12. The fourth-order valence-corrected chi connectivity index (χ4v) is 3.12. The van der Waals surface area contributed by atoms with Crippen LogP contribution in [0.5, 0.6) is 0 Å². The predicted molar refractivity (Wildman–Crippen MR) is 98.3 cm³/mol. The van der Waals surface area contributed by atoms with Crippen LogP contribution in [0.4, 0.5) is 24.5 Å². The Morgan fingerprint density at radius 1 is 0.964 bits per heavy atom. The minimum atomic E-state index is -4.43. The molecule has 1 aromatic carbocycles. The number of rotatable bonds is 2. The molecule has 9 heteroatoms. The van der Waals surface area contributed by atoms with E-state index in [1.54, 1.807) is 47.5 Å². The summed E-state index contributed by atoms with van der Waals surface area (Å²) in [4.78, 5) is 17.4. The molecule has 0 bridgehead atoms. The van der Waals surface area contributed by atoms with E-state index in [2.05, 4.69) is 25.3 Å². The van der Waals surface area contributed by atoms with E-state index in [1.165, 1.54) is 6.07 Å². The molecule has 0 fully saturated rings. The molecule has 28 heavy (non-hydrogen) atoms. The monoisotopic (exact) mass is 380 g/mol. The largest absolute Gasteiger partial charge is 0.416 e. The average molecular weight is 380 g/mol. The van der Waals surface area contributed by atoms with E-state index in [9.17, 15) is 13.2 Å². The molecule has 0 saturated heterocycles. The highest BCUT2D eigenvalue weighted by atomic mass is 19.4. The second-order valence-electron chi connectivity index (χ2n) is 6.18. The van der Waals surface area contributed by atoms with Gasteiger partial charge in [-0.1, -0.05) is 6.07 Å². The smallest absolute Gasteiger partial charge is 0.353 e. The second-order valence-corrected chi connectivity index (χ2v) is 6.18. The molecule has 0 atom stereocenters. The molecule has 0 aliphatic heterocycles. The summed E-state index contributed by atoms with van der Waals surface area (Å²) in [6, 6.07) is 8.49. The van der Waals surface area contributed by atoms with Crippen molar-refractivity contribution in [3.05, 3.63) is 66.9 Å². The Balaban J connectivity index is 1.77. The molecule has 4 heterocycles. The summed E-state index contributed by atoms with van der Waals surface area (Å²) in [5, 5.41) is 3.74. The number of benzene rings is 1. The molecule has 0 amide bonds. The van der Waals surface area contributed by atoms with Gasteiger partial charge in [-0.05, 0) is 30.3 Å². The number of halogens is 3. The van der Waals surface area contributed by atoms with Crippen LogP contribution >= 0.6 is 0 Å². The summed E-state index contributed by atoms with van der Waals surface area (Å²) in [5.74, 6) is 0. The number of alkyl halides is 3. The third-order valence-electron chi connectivity index (χ3n) is 4.39. The summed E-state index contributed by atoms with van der Waals surface area (Å²) in [5.41, 5.74) is 2.45. The van der Waals surface area contributed by atoms with E-state index in [0.717, 1.165) is 12.1 Å². The van der Waals surface area contributed by atoms with E-state index in [4.69, 9.17) is 0 Å². The van der Waals surface area contributed by atoms with Gasteiger partial charge in [-0.15, -0.1) is 0 Å². The van der Waals surface area contributed by atoms with Crippen LogP contribution in [0.25, 0.3) is 27.7 Å². The van der Waals surface area contributed by atoms with Gasteiger partial charge in [0.05, 0.1) is 16.8 Å². The van der Waals surface area contributed by atoms with Crippen LogP contribution in [0.3, 0.4) is 0 Å². The van der Waals surface area contributed by atoms with Gasteiger partial charge < -0.3 is 5.32 Å². The van der Waals surface area contributed by atoms with Crippen LogP contribution in [0.15, 0.2) is 61.3 Å². The zero-order valence-electron chi connectivity index (χ0n) is 14.1. The van der Waals surface area contributed by atoms with Crippen molar-refractivity contribution < 1.29 is 13.2 Å². The topological polar surface area (TPSA) is 68.0 Å². The Kier molecular flexibility index (Phi) is 3.45. The molecule has 138 valence electrons. The predicted octanol–water partition coefficient (Wildman–Crippen LogP) is 4.59. The Bertz CT molecular complexity index is 1340. The summed E-state index contributed by atoms with van der Waals surface area (Å²) >= 11 is 0. The van der Waals surface area contributed by atoms with Crippen molar-refractivity contribution >= 4 is 39.1 Å². The van der Waals surface area contributed by atoms with E-state index in [0.29, 0.717) is 39.1 Å². The number of nitrogens with zero attached hydrogens (tertiary/aromatic N) is 5. The lowest BCUT2D eigenvalue weighted by Gasteiger charge is -2.12. The first-order valence-electron chi connectivity index (χ1n) is 8.30. The van der Waals surface area contributed by atoms with Crippen molar-refractivity contribution in [2.45, 2.75) is 6.18 Å². The van der Waals surface area contributed by atoms with Gasteiger partial charge in [-0.25, -0.2) is 15.0 Å². The molecule has 6 nitrogen and oxygen atoms in total. The second kappa shape index (κ2) is 5.88. The van der Waals surface area contributed by atoms with Crippen LogP contribution in [-0.2, 0) is 6.18 Å². The van der Waals surface area contributed by atoms with E-state index >= 15 is 0 Å². The maximum Gasteiger partial charge on any atom is 0.416 e. The van der Waals surface area contributed by atoms with Crippen LogP contribution in [0, 0.1) is 0 Å². The quantitative estimate of drug-likeness (QED) is 0.485. The third-order valence-corrected chi connectivity index (χ3v) is 4.39. The molecule has 0 spiro atoms. The summed E-state index contributed by atoms with van der Waals surface area (Å²) in [6.07, 6.45) is 2.00. The first kappa shape index (κ1) is 16.4. The SMILES string of the molecule is FC(F)(F)c1cccc(Nc2c3cnccc3nc3c2nc2ccncn23)c1. The van der Waals surface area contributed by atoms with Gasteiger partial charge in [0.15, 0.2) is 5.65 Å². The third kappa shape index (κ3) is 2.59. The summed E-state index contributed by atoms with van der Waals surface area (Å²) in [7, 11) is 0. The maximum atomic E-state index is 13.1. The Morgan fingerprint density at radius 2 is 1.82 bits per heavy atom. The van der Waals surface area contributed by atoms with Gasteiger partial charge in [-0.2, -0.15) is 13.2 Å². The Morgan fingerprint density at radius 3 is 2.68 bits per heavy atom. The van der Waals surface area contributed by atoms with Gasteiger partial charge >= 0.3 is 6.18 Å². The molecular formula is C19H11F3N6. The average Bonchev–Trinajstić information content (AvgIpc) is 3.06. The highest BCUT2D eigenvalue weighted by Crippen LogP contribution is 2.35. The van der Waals surface area contributed by atoms with E-state index < -0.39 is 11.7 Å². The van der Waals surface area contributed by atoms with Gasteiger partial charge in [0.25, 0.3) is 0 Å². The Labute approximate surface area is 155 Å². The van der Waals surface area contributed by atoms with Gasteiger partial charge in [0.2, 0.25) is 0 Å². The van der Waals surface area contributed by atoms with Crippen LogP contribution < -0.4 is 5.32 Å². The van der Waals surface area contributed by atoms with Crippen LogP contribution in [0.1, 0.15) is 5.56 Å². The van der Waals surface area contributed by atoms with Crippen molar-refractivity contribution in [2.75, 3.05) is 5.32 Å². The van der Waals surface area contributed by atoms with Crippen LogP contribution in [0.2, 0.25) is 0 Å². The van der Waals surface area contributed by atoms with Crippen LogP contribution in [-0.4, -0.2) is 24.3 Å². The number of fused-ring (bicyclic) bond motifs is 4. The number of imidazole rings is 1. The van der Waals surface area contributed by atoms with Gasteiger partial charge in [0, 0.05) is 29.7 Å². The molecule has 5 rings (SSSR count). The minimum Gasteiger partial charge on any atom is -0.353 e. The maximum absolute atomic E-state index is 13.1. The fraction of sp³-hybridized carbons (Fsp3) is 0.0526. The minimum absolute atomic E-state index is 0.294. The zero-order valence-corrected chi connectivity index (χ0v) is 14.1. The highest BCUT2D eigenvalue weighted by molar-refractivity contribution is 6.06. The lowest BCUT2D eigenvalue weighted by atomic mass is 10.1. The number of hydrogen-bond donors (Lipinski definition) is 1. The standard InChI is InChI=1S/C19H11F3N6/c20-19(21,22)11-2-1-3-12(8-11)25-16-13-9-23-6-4-14(13)26-18-17(16)27-15-5-7-24-10-28(15)18/h1-10H,(H,25,26).